The van der Waals surface area contributed by atoms with Crippen molar-refractivity contribution >= 4 is 77.7 Å². The molecule has 0 saturated heterocycles. The van der Waals surface area contributed by atoms with E-state index in [2.05, 4.69) is 211 Å². The van der Waals surface area contributed by atoms with Gasteiger partial charge in [0.05, 0.1) is 30.5 Å². The van der Waals surface area contributed by atoms with Crippen molar-refractivity contribution in [3.63, 3.8) is 0 Å². The number of para-hydroxylation sites is 3. The van der Waals surface area contributed by atoms with Crippen molar-refractivity contribution in [2.24, 2.45) is 5.92 Å². The second-order valence-electron chi connectivity index (χ2n) is 19.9. The van der Waals surface area contributed by atoms with E-state index in [1.165, 1.54) is 58.9 Å². The van der Waals surface area contributed by atoms with Gasteiger partial charge >= 0.3 is 0 Å². The summed E-state index contributed by atoms with van der Waals surface area (Å²) in [5.41, 5.74) is 14.7. The first kappa shape index (κ1) is 47.1. The van der Waals surface area contributed by atoms with Crippen LogP contribution in [-0.2, 0) is 26.5 Å². The second-order valence-corrected chi connectivity index (χ2v) is 26.0. The molecule has 11 rings (SSSR count). The Labute approximate surface area is 419 Å². The van der Waals surface area contributed by atoms with E-state index >= 15 is 0 Å². The van der Waals surface area contributed by atoms with Gasteiger partial charge in [0.1, 0.15) is 5.58 Å². The smallest absolute Gasteiger partial charge is 0.120 e. The van der Waals surface area contributed by atoms with E-state index in [1.54, 1.807) is 0 Å². The van der Waals surface area contributed by atoms with E-state index in [0.717, 1.165) is 62.0 Å². The summed E-state index contributed by atoms with van der Waals surface area (Å²) in [7, 11) is -1.44. The van der Waals surface area contributed by atoms with Crippen LogP contribution >= 0.6 is 11.3 Å². The summed E-state index contributed by atoms with van der Waals surface area (Å²) in [6.07, 6.45) is 3.18. The molecule has 4 nitrogen and oxygen atoms in total. The Morgan fingerprint density at radius 3 is 1.99 bits per heavy atom. The number of hydrogen-bond donors (Lipinski definition) is 0. The fourth-order valence-corrected chi connectivity index (χ4v) is 12.5. The maximum absolute atomic E-state index is 6.19. The van der Waals surface area contributed by atoms with Gasteiger partial charge in [-0.1, -0.05) is 174 Å². The second kappa shape index (κ2) is 19.2. The van der Waals surface area contributed by atoms with E-state index in [0.29, 0.717) is 17.8 Å². The number of pyridine rings is 1. The zero-order valence-corrected chi connectivity index (χ0v) is 44.6. The molecule has 0 fully saturated rings. The Morgan fingerprint density at radius 1 is 0.647 bits per heavy atom. The number of imidazole rings is 1. The fraction of sp³-hybridized carbons (Fsp3) is 0.213. The largest absolute Gasteiger partial charge is 0.501 e. The molecule has 7 heteroatoms. The van der Waals surface area contributed by atoms with Gasteiger partial charge in [0.25, 0.3) is 0 Å². The zero-order valence-electron chi connectivity index (χ0n) is 40.4. The van der Waals surface area contributed by atoms with Crippen LogP contribution < -0.4 is 5.19 Å². The molecule has 0 spiro atoms. The third-order valence-electron chi connectivity index (χ3n) is 12.9. The van der Waals surface area contributed by atoms with Gasteiger partial charge in [-0.15, -0.1) is 36.4 Å². The predicted octanol–water partition coefficient (Wildman–Crippen LogP) is 17.0. The van der Waals surface area contributed by atoms with Crippen molar-refractivity contribution in [2.75, 3.05) is 0 Å². The van der Waals surface area contributed by atoms with Crippen molar-refractivity contribution in [3.05, 3.63) is 181 Å². The topological polar surface area (TPSA) is 43.9 Å². The van der Waals surface area contributed by atoms with Gasteiger partial charge in [0, 0.05) is 42.1 Å². The van der Waals surface area contributed by atoms with Crippen LogP contribution in [-0.4, -0.2) is 22.6 Å². The number of aromatic nitrogens is 3. The van der Waals surface area contributed by atoms with Crippen LogP contribution in [0.15, 0.2) is 156 Å². The molecule has 0 atom stereocenters. The molecule has 0 unspecified atom stereocenters. The average molecular weight is 1100 g/mol. The summed E-state index contributed by atoms with van der Waals surface area (Å²) in [5.74, 6) is 2.22. The molecule has 0 aliphatic carbocycles. The molecular weight excluding hydrogens is 1040 g/mol. The van der Waals surface area contributed by atoms with E-state index in [-0.39, 0.29) is 20.1 Å². The number of benzene rings is 7. The third kappa shape index (κ3) is 8.82. The Morgan fingerprint density at radius 2 is 1.28 bits per heavy atom. The van der Waals surface area contributed by atoms with Crippen molar-refractivity contribution in [3.8, 4) is 39.5 Å². The van der Waals surface area contributed by atoms with E-state index < -0.39 is 8.07 Å². The molecule has 0 aliphatic heterocycles. The molecule has 0 bridgehead atoms. The van der Waals surface area contributed by atoms with E-state index in [1.807, 2.05) is 29.5 Å². The van der Waals surface area contributed by atoms with Crippen LogP contribution in [0.3, 0.4) is 0 Å². The molecule has 0 N–H and O–H groups in total. The van der Waals surface area contributed by atoms with Gasteiger partial charge in [-0.3, -0.25) is 4.98 Å². The van der Waals surface area contributed by atoms with Crippen LogP contribution in [0.1, 0.15) is 70.1 Å². The molecule has 11 aromatic rings. The average Bonchev–Trinajstić information content (AvgIpc) is 4.03. The Bertz CT molecular complexity index is 3560. The first-order chi connectivity index (χ1) is 32.4. The van der Waals surface area contributed by atoms with Crippen molar-refractivity contribution in [1.29, 1.82) is 0 Å². The fourth-order valence-electron chi connectivity index (χ4n) is 9.69. The third-order valence-corrected chi connectivity index (χ3v) is 16.2. The summed E-state index contributed by atoms with van der Waals surface area (Å²) in [6, 6.07) is 58.5. The molecule has 343 valence electrons. The van der Waals surface area contributed by atoms with Crippen LogP contribution in [0.25, 0.3) is 92.6 Å². The van der Waals surface area contributed by atoms with Gasteiger partial charge in [0.15, 0.2) is 0 Å². The zero-order chi connectivity index (χ0) is 46.6. The van der Waals surface area contributed by atoms with Crippen LogP contribution in [0, 0.1) is 18.1 Å². The van der Waals surface area contributed by atoms with Gasteiger partial charge in [-0.2, -0.15) is 11.3 Å². The molecule has 7 aromatic carbocycles. The first-order valence-electron chi connectivity index (χ1n) is 23.7. The summed E-state index contributed by atoms with van der Waals surface area (Å²) in [6.45, 7) is 20.9. The molecule has 4 heterocycles. The van der Waals surface area contributed by atoms with Gasteiger partial charge < -0.3 is 14.0 Å². The molecule has 4 aromatic heterocycles. The van der Waals surface area contributed by atoms with E-state index in [9.17, 15) is 0 Å². The number of furan rings is 1. The Balaban J connectivity index is 0.000000180. The Kier molecular flexibility index (Phi) is 13.3. The minimum absolute atomic E-state index is 0. The summed E-state index contributed by atoms with van der Waals surface area (Å²) in [4.78, 5) is 10.1. The molecule has 0 amide bonds. The molecule has 1 radical (unpaired) electrons. The van der Waals surface area contributed by atoms with Crippen molar-refractivity contribution < 1.29 is 24.5 Å². The standard InChI is InChI=1S/C37H31N2S.C24H26NOSi.Ir/c1-23(2)30-21-26(25-13-6-5-7-14-25)22-31(24(3)4)35(30)39-33-19-10-9-18-32(33)38-37(39)29-17-12-16-28-27-15-8-11-20-34(27)40-36(28)29;1-16(2)13-17-14-21(25-15-23(17)27(3,4)5)20-11-8-10-19-18-9-6-7-12-22(18)26-24(19)20;/h5-16,18-24H,1-4H3;6-10,12,14-16H,13H2,1-5H3;/q2*-1;. The SMILES string of the molecule is CC(C)Cc1cc(-c2[c-]ccc3c2oc2ccccc23)ncc1[Si](C)(C)C.CC(C)c1cc(-c2ccccc2)cc(C(C)C)c1-n1c(-c2[c-]ccc3c2sc2ccccc23)nc2ccccc21.[Ir]. The maximum Gasteiger partial charge on any atom is 0.120 e. The van der Waals surface area contributed by atoms with E-state index in [4.69, 9.17) is 14.4 Å². The summed E-state index contributed by atoms with van der Waals surface area (Å²) < 4.78 is 11.1. The molecular formula is C61H57IrN3OSSi-2. The molecule has 0 aliphatic rings. The number of rotatable bonds is 9. The minimum atomic E-state index is -1.44. The number of nitrogens with zero attached hydrogens (tertiary/aromatic N) is 3. The summed E-state index contributed by atoms with van der Waals surface area (Å²) >= 11 is 1.83. The monoisotopic (exact) mass is 1100 g/mol. The number of thiophene rings is 1. The van der Waals surface area contributed by atoms with Crippen LogP contribution in [0.5, 0.6) is 0 Å². The number of hydrogen-bond acceptors (Lipinski definition) is 4. The first-order valence-corrected chi connectivity index (χ1v) is 28.0. The predicted molar refractivity (Wildman–Crippen MR) is 289 cm³/mol. The normalized spacial score (nSPS) is 11.9. The van der Waals surface area contributed by atoms with Crippen molar-refractivity contribution in [2.45, 2.75) is 79.4 Å². The number of fused-ring (bicyclic) bond motifs is 7. The van der Waals surface area contributed by atoms with Crippen molar-refractivity contribution in [1.82, 2.24) is 14.5 Å². The van der Waals surface area contributed by atoms with Crippen LogP contribution in [0.4, 0.5) is 0 Å². The maximum atomic E-state index is 6.19. The molecule has 0 saturated carbocycles. The molecule has 68 heavy (non-hydrogen) atoms. The van der Waals surface area contributed by atoms with Gasteiger partial charge in [0.2, 0.25) is 0 Å². The quantitative estimate of drug-likeness (QED) is 0.107. The summed E-state index contributed by atoms with van der Waals surface area (Å²) in [5, 5.41) is 6.28. The Hall–Kier alpha value is -5.95. The van der Waals surface area contributed by atoms with Crippen LogP contribution in [0.2, 0.25) is 19.6 Å². The minimum Gasteiger partial charge on any atom is -0.501 e. The van der Waals surface area contributed by atoms with Gasteiger partial charge in [-0.25, -0.2) is 0 Å². The van der Waals surface area contributed by atoms with Gasteiger partial charge in [-0.05, 0) is 104 Å².